The Balaban J connectivity index is 1.72. The van der Waals surface area contributed by atoms with Gasteiger partial charge >= 0.3 is 6.03 Å². The van der Waals surface area contributed by atoms with E-state index in [0.29, 0.717) is 31.8 Å². The number of methoxy groups -OCH3 is 1. The highest BCUT2D eigenvalue weighted by molar-refractivity contribution is 5.95. The minimum Gasteiger partial charge on any atom is -0.383 e. The average molecular weight is 298 g/mol. The highest BCUT2D eigenvalue weighted by Crippen LogP contribution is 2.24. The molecule has 3 N–H and O–H groups in total. The Kier molecular flexibility index (Phi) is 6.41. The zero-order chi connectivity index (χ0) is 15.1. The van der Waals surface area contributed by atoms with Crippen molar-refractivity contribution in [2.75, 3.05) is 39.9 Å². The van der Waals surface area contributed by atoms with Crippen LogP contribution in [0.3, 0.4) is 0 Å². The topological polar surface area (TPSA) is 82.7 Å². The lowest BCUT2D eigenvalue weighted by Crippen LogP contribution is -2.49. The van der Waals surface area contributed by atoms with Gasteiger partial charge in [0.05, 0.1) is 13.2 Å². The number of hydrogen-bond donors (Lipinski definition) is 3. The molecule has 0 aliphatic carbocycles. The van der Waals surface area contributed by atoms with E-state index in [1.54, 1.807) is 7.11 Å². The minimum absolute atomic E-state index is 0.241. The van der Waals surface area contributed by atoms with Crippen molar-refractivity contribution in [1.29, 1.82) is 0 Å². The van der Waals surface area contributed by atoms with Gasteiger partial charge in [0.2, 0.25) is 5.91 Å². The molecule has 2 rings (SSSR count). The van der Waals surface area contributed by atoms with Crippen molar-refractivity contribution in [3.05, 3.63) is 0 Å². The lowest BCUT2D eigenvalue weighted by Gasteiger charge is -2.28. The lowest BCUT2D eigenvalue weighted by atomic mass is 10.0. The smallest absolute Gasteiger partial charge is 0.321 e. The summed E-state index contributed by atoms with van der Waals surface area (Å²) < 4.78 is 4.83. The summed E-state index contributed by atoms with van der Waals surface area (Å²) in [4.78, 5) is 25.6. The van der Waals surface area contributed by atoms with Gasteiger partial charge in [-0.1, -0.05) is 0 Å². The molecule has 2 aliphatic rings. The zero-order valence-electron chi connectivity index (χ0n) is 12.7. The second-order valence-electron chi connectivity index (χ2n) is 5.68. The van der Waals surface area contributed by atoms with E-state index in [9.17, 15) is 9.59 Å². The van der Waals surface area contributed by atoms with Crippen LogP contribution in [0.25, 0.3) is 0 Å². The number of hydrogen-bond acceptors (Lipinski definition) is 5. The molecular weight excluding hydrogens is 272 g/mol. The van der Waals surface area contributed by atoms with Gasteiger partial charge in [-0.05, 0) is 38.8 Å². The van der Waals surface area contributed by atoms with Gasteiger partial charge in [0.15, 0.2) is 0 Å². The van der Waals surface area contributed by atoms with Crippen LogP contribution in [-0.4, -0.2) is 68.8 Å². The van der Waals surface area contributed by atoms with Gasteiger partial charge in [-0.3, -0.25) is 15.0 Å². The molecule has 0 aromatic carbocycles. The summed E-state index contributed by atoms with van der Waals surface area (Å²) in [6.45, 7) is 3.13. The van der Waals surface area contributed by atoms with Crippen molar-refractivity contribution in [2.24, 2.45) is 0 Å². The highest BCUT2D eigenvalue weighted by atomic mass is 16.5. The highest BCUT2D eigenvalue weighted by Gasteiger charge is 2.34. The molecule has 0 aromatic rings. The molecule has 7 nitrogen and oxygen atoms in total. The predicted molar refractivity (Wildman–Crippen MR) is 79.0 cm³/mol. The monoisotopic (exact) mass is 298 g/mol. The Labute approximate surface area is 125 Å². The van der Waals surface area contributed by atoms with E-state index in [-0.39, 0.29) is 5.91 Å². The van der Waals surface area contributed by atoms with Crippen LogP contribution < -0.4 is 16.0 Å². The van der Waals surface area contributed by atoms with Crippen LogP contribution in [0.2, 0.25) is 0 Å². The molecule has 2 atom stereocenters. The zero-order valence-corrected chi connectivity index (χ0v) is 12.7. The Morgan fingerprint density at radius 2 is 2.19 bits per heavy atom. The maximum Gasteiger partial charge on any atom is 0.321 e. The van der Waals surface area contributed by atoms with Crippen LogP contribution in [0.4, 0.5) is 4.79 Å². The average Bonchev–Trinajstić information content (AvgIpc) is 3.09. The molecule has 2 unspecified atom stereocenters. The van der Waals surface area contributed by atoms with Crippen molar-refractivity contribution < 1.29 is 14.3 Å². The summed E-state index contributed by atoms with van der Waals surface area (Å²) in [6.07, 6.45) is 4.64. The molecule has 3 amide bonds. The first kappa shape index (κ1) is 16.2. The maximum absolute atomic E-state index is 11.9. The van der Waals surface area contributed by atoms with Crippen molar-refractivity contribution in [3.8, 4) is 0 Å². The Bertz CT molecular complexity index is 358. The third-order valence-electron chi connectivity index (χ3n) is 4.17. The van der Waals surface area contributed by atoms with E-state index in [1.807, 2.05) is 0 Å². The molecule has 0 aromatic heterocycles. The van der Waals surface area contributed by atoms with Crippen LogP contribution in [-0.2, 0) is 9.53 Å². The number of rotatable bonds is 6. The van der Waals surface area contributed by atoms with E-state index in [4.69, 9.17) is 4.74 Å². The van der Waals surface area contributed by atoms with Crippen LogP contribution in [0.5, 0.6) is 0 Å². The number of ether oxygens (including phenoxy) is 1. The molecule has 120 valence electrons. The fraction of sp³-hybridized carbons (Fsp3) is 0.857. The van der Waals surface area contributed by atoms with Gasteiger partial charge in [0.1, 0.15) is 0 Å². The van der Waals surface area contributed by atoms with Crippen LogP contribution >= 0.6 is 0 Å². The van der Waals surface area contributed by atoms with Gasteiger partial charge in [-0.2, -0.15) is 0 Å². The Morgan fingerprint density at radius 3 is 2.90 bits per heavy atom. The molecule has 0 spiro atoms. The van der Waals surface area contributed by atoms with E-state index < -0.39 is 6.03 Å². The van der Waals surface area contributed by atoms with Crippen molar-refractivity contribution in [3.63, 3.8) is 0 Å². The van der Waals surface area contributed by atoms with Crippen molar-refractivity contribution >= 4 is 11.9 Å². The fourth-order valence-corrected chi connectivity index (χ4v) is 3.21. The van der Waals surface area contributed by atoms with Crippen LogP contribution in [0.15, 0.2) is 0 Å². The number of urea groups is 1. The molecule has 7 heteroatoms. The number of likely N-dealkylation sites (tertiary alicyclic amines) is 1. The van der Waals surface area contributed by atoms with E-state index in [1.165, 1.54) is 12.8 Å². The van der Waals surface area contributed by atoms with E-state index in [0.717, 1.165) is 25.9 Å². The molecular formula is C14H26N4O3. The SMILES string of the molecule is COCCNC(=O)NC(=O)CN1CCCC1C1CCCN1. The molecule has 2 saturated heterocycles. The van der Waals surface area contributed by atoms with Gasteiger partial charge in [0, 0.05) is 25.7 Å². The summed E-state index contributed by atoms with van der Waals surface area (Å²) >= 11 is 0. The van der Waals surface area contributed by atoms with Gasteiger partial charge in [-0.15, -0.1) is 0 Å². The predicted octanol–water partition coefficient (Wildman–Crippen LogP) is -0.325. The first-order valence-electron chi connectivity index (χ1n) is 7.74. The van der Waals surface area contributed by atoms with Crippen LogP contribution in [0.1, 0.15) is 25.7 Å². The summed E-state index contributed by atoms with van der Waals surface area (Å²) in [7, 11) is 1.56. The molecule has 0 bridgehead atoms. The molecule has 2 fully saturated rings. The van der Waals surface area contributed by atoms with Crippen LogP contribution in [0, 0.1) is 0 Å². The number of imide groups is 1. The van der Waals surface area contributed by atoms with Gasteiger partial charge in [-0.25, -0.2) is 4.79 Å². The first-order valence-corrected chi connectivity index (χ1v) is 7.74. The molecule has 0 saturated carbocycles. The van der Waals surface area contributed by atoms with Crippen molar-refractivity contribution in [2.45, 2.75) is 37.8 Å². The van der Waals surface area contributed by atoms with E-state index >= 15 is 0 Å². The van der Waals surface area contributed by atoms with E-state index in [2.05, 4.69) is 20.9 Å². The normalized spacial score (nSPS) is 26.0. The Hall–Kier alpha value is -1.18. The number of carbonyl (C=O) groups is 2. The standard InChI is InChI=1S/C14H26N4O3/c1-21-9-7-16-14(20)17-13(19)10-18-8-3-5-12(18)11-4-2-6-15-11/h11-12,15H,2-10H2,1H3,(H2,16,17,19,20). The number of nitrogens with one attached hydrogen (secondary N) is 3. The third kappa shape index (κ3) is 4.94. The lowest BCUT2D eigenvalue weighted by molar-refractivity contribution is -0.121. The second-order valence-corrected chi connectivity index (χ2v) is 5.68. The van der Waals surface area contributed by atoms with Gasteiger partial charge < -0.3 is 15.4 Å². The Morgan fingerprint density at radius 1 is 1.33 bits per heavy atom. The quantitative estimate of drug-likeness (QED) is 0.585. The maximum atomic E-state index is 11.9. The number of nitrogens with zero attached hydrogens (tertiary/aromatic N) is 1. The minimum atomic E-state index is -0.452. The summed E-state index contributed by atoms with van der Waals surface area (Å²) in [6, 6.07) is 0.470. The first-order chi connectivity index (χ1) is 10.2. The molecule has 21 heavy (non-hydrogen) atoms. The second kappa shape index (κ2) is 8.31. The molecule has 2 heterocycles. The number of carbonyl (C=O) groups excluding carboxylic acids is 2. The summed E-state index contributed by atoms with van der Waals surface area (Å²) in [5.41, 5.74) is 0. The molecule has 0 radical (unpaired) electrons. The summed E-state index contributed by atoms with van der Waals surface area (Å²) in [5, 5.41) is 8.46. The molecule has 2 aliphatic heterocycles. The van der Waals surface area contributed by atoms with Gasteiger partial charge in [0.25, 0.3) is 0 Å². The largest absolute Gasteiger partial charge is 0.383 e. The number of amides is 3. The third-order valence-corrected chi connectivity index (χ3v) is 4.17. The van der Waals surface area contributed by atoms with Crippen molar-refractivity contribution in [1.82, 2.24) is 20.9 Å². The summed E-state index contributed by atoms with van der Waals surface area (Å²) in [5.74, 6) is -0.241. The fourth-order valence-electron chi connectivity index (χ4n) is 3.21.